The Hall–Kier alpha value is -1.75. The van der Waals surface area contributed by atoms with E-state index in [9.17, 15) is 19.8 Å². The number of aromatic hydroxyl groups is 1. The monoisotopic (exact) mass is 311 g/mol. The zero-order chi connectivity index (χ0) is 15.6. The van der Waals surface area contributed by atoms with Crippen molar-refractivity contribution in [3.63, 3.8) is 0 Å². The first-order chi connectivity index (χ1) is 9.89. The van der Waals surface area contributed by atoms with Crippen LogP contribution < -0.4 is 0 Å². The SMILES string of the molecule is CCC1(C(=O)O)CCN(C(=O)c2cc(Cl)ccc2O)CC1. The van der Waals surface area contributed by atoms with Gasteiger partial charge in [0.05, 0.1) is 11.0 Å². The molecule has 0 unspecified atom stereocenters. The molecular formula is C15H18ClNO4. The van der Waals surface area contributed by atoms with Gasteiger partial charge in [0, 0.05) is 18.1 Å². The number of hydrogen-bond acceptors (Lipinski definition) is 3. The van der Waals surface area contributed by atoms with Crippen LogP contribution in [0.15, 0.2) is 18.2 Å². The highest BCUT2D eigenvalue weighted by molar-refractivity contribution is 6.31. The Morgan fingerprint density at radius 2 is 1.95 bits per heavy atom. The van der Waals surface area contributed by atoms with Crippen LogP contribution in [0.1, 0.15) is 36.5 Å². The first-order valence-electron chi connectivity index (χ1n) is 6.91. The molecule has 0 spiro atoms. The molecule has 5 nitrogen and oxygen atoms in total. The average Bonchev–Trinajstić information content (AvgIpc) is 2.49. The quantitative estimate of drug-likeness (QED) is 0.899. The zero-order valence-electron chi connectivity index (χ0n) is 11.8. The molecule has 6 heteroatoms. The van der Waals surface area contributed by atoms with Crippen molar-refractivity contribution in [2.45, 2.75) is 26.2 Å². The predicted octanol–water partition coefficient (Wildman–Crippen LogP) is 2.76. The fraction of sp³-hybridized carbons (Fsp3) is 0.467. The predicted molar refractivity (Wildman–Crippen MR) is 78.6 cm³/mol. The molecule has 1 heterocycles. The molecule has 0 aliphatic carbocycles. The number of piperidine rings is 1. The largest absolute Gasteiger partial charge is 0.507 e. The van der Waals surface area contributed by atoms with Crippen LogP contribution in [0.5, 0.6) is 5.75 Å². The molecule has 1 aromatic carbocycles. The van der Waals surface area contributed by atoms with Gasteiger partial charge in [0.1, 0.15) is 5.75 Å². The number of carbonyl (C=O) groups excluding carboxylic acids is 1. The lowest BCUT2D eigenvalue weighted by molar-refractivity contribution is -0.152. The van der Waals surface area contributed by atoms with E-state index in [4.69, 9.17) is 11.6 Å². The van der Waals surface area contributed by atoms with E-state index >= 15 is 0 Å². The molecular weight excluding hydrogens is 294 g/mol. The van der Waals surface area contributed by atoms with Crippen molar-refractivity contribution in [3.8, 4) is 5.75 Å². The highest BCUT2D eigenvalue weighted by atomic mass is 35.5. The number of carbonyl (C=O) groups is 2. The number of halogens is 1. The summed E-state index contributed by atoms with van der Waals surface area (Å²) in [5.74, 6) is -1.23. The first-order valence-corrected chi connectivity index (χ1v) is 7.28. The lowest BCUT2D eigenvalue weighted by Gasteiger charge is -2.38. The van der Waals surface area contributed by atoms with Crippen LogP contribution >= 0.6 is 11.6 Å². The first kappa shape index (κ1) is 15.6. The van der Waals surface area contributed by atoms with Gasteiger partial charge in [-0.3, -0.25) is 9.59 Å². The maximum absolute atomic E-state index is 12.4. The van der Waals surface area contributed by atoms with E-state index in [1.165, 1.54) is 18.2 Å². The second-order valence-electron chi connectivity index (χ2n) is 5.39. The molecule has 1 fully saturated rings. The summed E-state index contributed by atoms with van der Waals surface area (Å²) in [4.78, 5) is 25.4. The molecule has 114 valence electrons. The molecule has 0 atom stereocenters. The summed E-state index contributed by atoms with van der Waals surface area (Å²) in [6, 6.07) is 4.32. The number of carboxylic acid groups (broad SMARTS) is 1. The molecule has 1 saturated heterocycles. The number of carboxylic acids is 1. The summed E-state index contributed by atoms with van der Waals surface area (Å²) in [6.07, 6.45) is 1.39. The van der Waals surface area contributed by atoms with Crippen LogP contribution in [0.4, 0.5) is 0 Å². The van der Waals surface area contributed by atoms with E-state index in [2.05, 4.69) is 0 Å². The van der Waals surface area contributed by atoms with Crippen LogP contribution in [0.2, 0.25) is 5.02 Å². The lowest BCUT2D eigenvalue weighted by Crippen LogP contribution is -2.46. The van der Waals surface area contributed by atoms with Crippen molar-refractivity contribution < 1.29 is 19.8 Å². The standard InChI is InChI=1S/C15H18ClNO4/c1-2-15(14(20)21)5-7-17(8-6-15)13(19)11-9-10(16)3-4-12(11)18/h3-4,9,18H,2,5-8H2,1H3,(H,20,21). The number of nitrogens with zero attached hydrogens (tertiary/aromatic N) is 1. The van der Waals surface area contributed by atoms with Gasteiger partial charge in [-0.15, -0.1) is 0 Å². The summed E-state index contributed by atoms with van der Waals surface area (Å²) < 4.78 is 0. The van der Waals surface area contributed by atoms with Gasteiger partial charge in [0.15, 0.2) is 0 Å². The third kappa shape index (κ3) is 2.97. The fourth-order valence-electron chi connectivity index (χ4n) is 2.71. The molecule has 1 aromatic rings. The molecule has 0 radical (unpaired) electrons. The van der Waals surface area contributed by atoms with Crippen molar-refractivity contribution in [2.75, 3.05) is 13.1 Å². The molecule has 1 amide bonds. The molecule has 0 aromatic heterocycles. The second-order valence-corrected chi connectivity index (χ2v) is 5.83. The van der Waals surface area contributed by atoms with Crippen molar-refractivity contribution in [1.82, 2.24) is 4.90 Å². The number of phenols is 1. The normalized spacial score (nSPS) is 17.5. The maximum atomic E-state index is 12.4. The van der Waals surface area contributed by atoms with E-state index < -0.39 is 11.4 Å². The molecule has 21 heavy (non-hydrogen) atoms. The van der Waals surface area contributed by atoms with Gasteiger partial charge in [-0.2, -0.15) is 0 Å². The Morgan fingerprint density at radius 3 is 2.48 bits per heavy atom. The summed E-state index contributed by atoms with van der Waals surface area (Å²) >= 11 is 5.85. The number of hydrogen-bond donors (Lipinski definition) is 2. The topological polar surface area (TPSA) is 77.8 Å². The van der Waals surface area contributed by atoms with Crippen molar-refractivity contribution in [1.29, 1.82) is 0 Å². The highest BCUT2D eigenvalue weighted by Crippen LogP contribution is 2.36. The van der Waals surface area contributed by atoms with Crippen molar-refractivity contribution in [3.05, 3.63) is 28.8 Å². The summed E-state index contributed by atoms with van der Waals surface area (Å²) in [6.45, 7) is 2.59. The number of aliphatic carboxylic acids is 1. The number of amides is 1. The van der Waals surface area contributed by atoms with Gasteiger partial charge < -0.3 is 15.1 Å². The Bertz CT molecular complexity index is 565. The number of benzene rings is 1. The van der Waals surface area contributed by atoms with Gasteiger partial charge in [-0.25, -0.2) is 0 Å². The van der Waals surface area contributed by atoms with E-state index in [1.807, 2.05) is 6.92 Å². The smallest absolute Gasteiger partial charge is 0.309 e. The molecule has 1 aliphatic rings. The van der Waals surface area contributed by atoms with E-state index in [1.54, 1.807) is 4.90 Å². The Morgan fingerprint density at radius 1 is 1.33 bits per heavy atom. The maximum Gasteiger partial charge on any atom is 0.309 e. The number of phenolic OH excluding ortho intramolecular Hbond substituents is 1. The van der Waals surface area contributed by atoms with Crippen LogP contribution in [0.25, 0.3) is 0 Å². The zero-order valence-corrected chi connectivity index (χ0v) is 12.6. The van der Waals surface area contributed by atoms with Crippen LogP contribution in [-0.2, 0) is 4.79 Å². The minimum atomic E-state index is -0.803. The van der Waals surface area contributed by atoms with E-state index in [0.29, 0.717) is 37.4 Å². The van der Waals surface area contributed by atoms with Gasteiger partial charge in [0.2, 0.25) is 0 Å². The molecule has 1 aliphatic heterocycles. The lowest BCUT2D eigenvalue weighted by atomic mass is 9.76. The summed E-state index contributed by atoms with van der Waals surface area (Å²) in [5, 5.41) is 19.5. The van der Waals surface area contributed by atoms with Crippen molar-refractivity contribution in [2.24, 2.45) is 5.41 Å². The van der Waals surface area contributed by atoms with Crippen LogP contribution in [0.3, 0.4) is 0 Å². The van der Waals surface area contributed by atoms with Crippen molar-refractivity contribution >= 4 is 23.5 Å². The van der Waals surface area contributed by atoms with E-state index in [-0.39, 0.29) is 17.2 Å². The summed E-state index contributed by atoms with van der Waals surface area (Å²) in [5.41, 5.74) is -0.588. The highest BCUT2D eigenvalue weighted by Gasteiger charge is 2.41. The third-order valence-electron chi connectivity index (χ3n) is 4.33. The fourth-order valence-corrected chi connectivity index (χ4v) is 2.88. The minimum absolute atomic E-state index is 0.116. The van der Waals surface area contributed by atoms with Crippen LogP contribution in [0, 0.1) is 5.41 Å². The number of rotatable bonds is 3. The Balaban J connectivity index is 2.13. The minimum Gasteiger partial charge on any atom is -0.507 e. The van der Waals surface area contributed by atoms with Gasteiger partial charge in [-0.1, -0.05) is 18.5 Å². The Labute approximate surface area is 128 Å². The number of likely N-dealkylation sites (tertiary alicyclic amines) is 1. The summed E-state index contributed by atoms with van der Waals surface area (Å²) in [7, 11) is 0. The third-order valence-corrected chi connectivity index (χ3v) is 4.56. The van der Waals surface area contributed by atoms with Gasteiger partial charge >= 0.3 is 5.97 Å². The average molecular weight is 312 g/mol. The van der Waals surface area contributed by atoms with E-state index in [0.717, 1.165) is 0 Å². The molecule has 2 rings (SSSR count). The Kier molecular flexibility index (Phi) is 4.42. The van der Waals surface area contributed by atoms with Crippen LogP contribution in [-0.4, -0.2) is 40.1 Å². The molecule has 0 saturated carbocycles. The molecule has 2 N–H and O–H groups in total. The molecule has 0 bridgehead atoms. The van der Waals surface area contributed by atoms with Gasteiger partial charge in [0.25, 0.3) is 5.91 Å². The van der Waals surface area contributed by atoms with Gasteiger partial charge in [-0.05, 0) is 37.5 Å². The second kappa shape index (κ2) is 5.93.